The Hall–Kier alpha value is -4.43. The molecule has 0 aliphatic heterocycles. The first-order chi connectivity index (χ1) is 22.1. The minimum absolute atomic E-state index is 0.0161. The lowest BCUT2D eigenvalue weighted by molar-refractivity contribution is -0.152. The number of nitrogens with two attached hydrogens (primary N) is 2. The van der Waals surface area contributed by atoms with Crippen LogP contribution in [0.15, 0.2) is 76.6 Å². The summed E-state index contributed by atoms with van der Waals surface area (Å²) < 4.78 is 19.7. The predicted octanol–water partition coefficient (Wildman–Crippen LogP) is 5.02. The van der Waals surface area contributed by atoms with E-state index < -0.39 is 29.8 Å². The van der Waals surface area contributed by atoms with Crippen LogP contribution in [0.5, 0.6) is 0 Å². The van der Waals surface area contributed by atoms with Gasteiger partial charge in [-0.3, -0.25) is 9.59 Å². The highest BCUT2D eigenvalue weighted by Crippen LogP contribution is 2.28. The van der Waals surface area contributed by atoms with Crippen LogP contribution in [0.2, 0.25) is 0 Å². The molecule has 0 amide bonds. The van der Waals surface area contributed by atoms with Gasteiger partial charge in [0.1, 0.15) is 26.4 Å². The molecule has 2 rings (SSSR count). The molecular weight excluding hydrogens is 649 g/mol. The van der Waals surface area contributed by atoms with Crippen molar-refractivity contribution in [2.75, 3.05) is 49.4 Å². The monoisotopic (exact) mass is 690 g/mol. The number of hydrogen-bond acceptors (Lipinski definition) is 13. The normalized spacial score (nSPS) is 11.5. The number of carboxylic acids is 1. The molecule has 0 fully saturated rings. The zero-order valence-electron chi connectivity index (χ0n) is 26.9. The number of anilines is 2. The fourth-order valence-electron chi connectivity index (χ4n) is 3.12. The fraction of sp³-hybridized carbons (Fsp3) is 0.364. The minimum Gasteiger partial charge on any atom is -0.478 e. The second kappa shape index (κ2) is 21.4. The van der Waals surface area contributed by atoms with Gasteiger partial charge < -0.3 is 35.5 Å². The summed E-state index contributed by atoms with van der Waals surface area (Å²) in [6.45, 7) is 13.4. The molecule has 2 unspecified atom stereocenters. The molecule has 0 heterocycles. The highest BCUT2D eigenvalue weighted by Gasteiger charge is 2.18. The summed E-state index contributed by atoms with van der Waals surface area (Å²) in [5.41, 5.74) is 13.5. The van der Waals surface area contributed by atoms with Crippen LogP contribution in [-0.2, 0) is 38.1 Å². The van der Waals surface area contributed by atoms with E-state index in [-0.39, 0.29) is 49.5 Å². The third kappa shape index (κ3) is 16.1. The van der Waals surface area contributed by atoms with Crippen LogP contribution in [0.1, 0.15) is 38.1 Å². The van der Waals surface area contributed by atoms with Crippen LogP contribution in [0, 0.1) is 11.8 Å². The van der Waals surface area contributed by atoms with E-state index in [0.717, 1.165) is 4.90 Å². The number of carboxylic acid groups (broad SMARTS) is 1. The van der Waals surface area contributed by atoms with E-state index in [2.05, 4.69) is 13.2 Å². The van der Waals surface area contributed by atoms with Crippen LogP contribution < -0.4 is 11.5 Å². The van der Waals surface area contributed by atoms with Crippen molar-refractivity contribution in [1.29, 1.82) is 0 Å². The molecule has 0 bridgehead atoms. The molecule has 0 aliphatic carbocycles. The number of nitrogen functional groups attached to an aromatic ring is 2. The molecule has 0 aliphatic rings. The van der Waals surface area contributed by atoms with E-state index in [4.69, 9.17) is 35.5 Å². The maximum Gasteiger partial charge on any atom is 0.336 e. The molecule has 5 N–H and O–H groups in total. The summed E-state index contributed by atoms with van der Waals surface area (Å²) in [6.07, 6.45) is 0. The third-order valence-electron chi connectivity index (χ3n) is 5.75. The van der Waals surface area contributed by atoms with Gasteiger partial charge in [0.15, 0.2) is 0 Å². The smallest absolute Gasteiger partial charge is 0.336 e. The Morgan fingerprint density at radius 1 is 0.723 bits per heavy atom. The Balaban J connectivity index is 0.000000470. The minimum atomic E-state index is -1.01. The Morgan fingerprint density at radius 3 is 1.62 bits per heavy atom. The lowest BCUT2D eigenvalue weighted by Gasteiger charge is -2.12. The van der Waals surface area contributed by atoms with Gasteiger partial charge in [0.2, 0.25) is 0 Å². The zero-order valence-corrected chi connectivity index (χ0v) is 28.6. The number of esters is 4. The first kappa shape index (κ1) is 40.6. The predicted molar refractivity (Wildman–Crippen MR) is 182 cm³/mol. The molecular formula is C33H42N2O10S2. The summed E-state index contributed by atoms with van der Waals surface area (Å²) >= 11 is 2.74. The number of ether oxygens (including phenoxy) is 4. The molecule has 2 aromatic rings. The summed E-state index contributed by atoms with van der Waals surface area (Å²) in [5.74, 6) is -2.63. The highest BCUT2D eigenvalue weighted by molar-refractivity contribution is 7.99. The number of carbonyl (C=O) groups is 5. The van der Waals surface area contributed by atoms with Gasteiger partial charge in [0.05, 0.1) is 17.4 Å². The Labute approximate surface area is 283 Å². The van der Waals surface area contributed by atoms with Crippen molar-refractivity contribution in [2.45, 2.75) is 37.5 Å². The van der Waals surface area contributed by atoms with Crippen molar-refractivity contribution in [2.24, 2.45) is 11.8 Å². The second-order valence-electron chi connectivity index (χ2n) is 10.2. The molecule has 0 saturated heterocycles. The van der Waals surface area contributed by atoms with Crippen molar-refractivity contribution in [3.63, 3.8) is 0 Å². The van der Waals surface area contributed by atoms with Crippen LogP contribution in [0.4, 0.5) is 11.4 Å². The van der Waals surface area contributed by atoms with E-state index in [9.17, 15) is 24.0 Å². The quantitative estimate of drug-likeness (QED) is 0.0500. The average molecular weight is 691 g/mol. The van der Waals surface area contributed by atoms with E-state index >= 15 is 0 Å². The van der Waals surface area contributed by atoms with Crippen molar-refractivity contribution >= 4 is 64.7 Å². The van der Waals surface area contributed by atoms with E-state index in [1.807, 2.05) is 6.07 Å². The zero-order chi connectivity index (χ0) is 35.5. The molecule has 2 atom stereocenters. The first-order valence-corrected chi connectivity index (χ1v) is 16.3. The number of rotatable bonds is 17. The summed E-state index contributed by atoms with van der Waals surface area (Å²) in [7, 11) is 0. The molecule has 0 saturated carbocycles. The summed E-state index contributed by atoms with van der Waals surface area (Å²) in [5, 5.41) is 9.11. The number of thioether (sulfide) groups is 2. The standard InChI is InChI=1S/C17H20O6S.C16H22N2O4S/c1-11(2)16(20)22-8-9-23-17(21)12(3)10-24-14-7-5-4-6-13(14)15(18)19;1-10(2)15(19)21-6-7-22-16(20)11(3)9-23-14-5-4-12(17)8-13(14)18/h4-7,12H,1,8-10H2,2-3H3,(H,18,19);4-5,8,11H,1,6-7,9,17-18H2,2-3H3. The maximum atomic E-state index is 11.9. The average Bonchev–Trinajstić information content (AvgIpc) is 3.03. The summed E-state index contributed by atoms with van der Waals surface area (Å²) in [6, 6.07) is 11.9. The second-order valence-corrected chi connectivity index (χ2v) is 12.3. The van der Waals surface area contributed by atoms with Crippen molar-refractivity contribution in [1.82, 2.24) is 0 Å². The van der Waals surface area contributed by atoms with Crippen molar-refractivity contribution in [3.8, 4) is 0 Å². The van der Waals surface area contributed by atoms with Gasteiger partial charge in [0.25, 0.3) is 0 Å². The largest absolute Gasteiger partial charge is 0.478 e. The van der Waals surface area contributed by atoms with E-state index in [1.165, 1.54) is 36.5 Å². The Morgan fingerprint density at radius 2 is 1.17 bits per heavy atom. The van der Waals surface area contributed by atoms with Crippen LogP contribution in [0.25, 0.3) is 0 Å². The summed E-state index contributed by atoms with van der Waals surface area (Å²) in [4.78, 5) is 58.6. The number of carbonyl (C=O) groups excluding carboxylic acids is 4. The van der Waals surface area contributed by atoms with Crippen molar-refractivity contribution < 1.29 is 48.0 Å². The van der Waals surface area contributed by atoms with Gasteiger partial charge in [-0.1, -0.05) is 39.1 Å². The molecule has 0 aromatic heterocycles. The number of hydrogen-bond donors (Lipinski definition) is 3. The fourth-order valence-corrected chi connectivity index (χ4v) is 5.12. The third-order valence-corrected chi connectivity index (χ3v) is 8.44. The Bertz CT molecular complexity index is 1430. The molecule has 12 nitrogen and oxygen atoms in total. The van der Waals surface area contributed by atoms with Gasteiger partial charge in [0, 0.05) is 43.8 Å². The van der Waals surface area contributed by atoms with Crippen LogP contribution in [0.3, 0.4) is 0 Å². The van der Waals surface area contributed by atoms with Gasteiger partial charge in [-0.25, -0.2) is 14.4 Å². The SMILES string of the molecule is C=C(C)C(=O)OCCOC(=O)C(C)CSc1ccc(N)cc1N.C=C(C)C(=O)OCCOC(=O)C(C)CSc1ccccc1C(=O)O. The topological polar surface area (TPSA) is 195 Å². The lowest BCUT2D eigenvalue weighted by atomic mass is 10.2. The number of aromatic carboxylic acids is 1. The lowest BCUT2D eigenvalue weighted by Crippen LogP contribution is -2.20. The highest BCUT2D eigenvalue weighted by atomic mass is 32.2. The van der Waals surface area contributed by atoms with E-state index in [0.29, 0.717) is 33.3 Å². The molecule has 0 radical (unpaired) electrons. The molecule has 256 valence electrons. The van der Waals surface area contributed by atoms with Crippen molar-refractivity contribution in [3.05, 3.63) is 72.3 Å². The Kier molecular flexibility index (Phi) is 18.5. The van der Waals surface area contributed by atoms with Gasteiger partial charge in [-0.2, -0.15) is 0 Å². The van der Waals surface area contributed by atoms with Crippen LogP contribution in [-0.4, -0.2) is 72.9 Å². The maximum absolute atomic E-state index is 11.9. The molecule has 2 aromatic carbocycles. The van der Waals surface area contributed by atoms with Gasteiger partial charge >= 0.3 is 29.8 Å². The van der Waals surface area contributed by atoms with Gasteiger partial charge in [-0.05, 0) is 44.2 Å². The first-order valence-electron chi connectivity index (χ1n) is 14.3. The molecule has 47 heavy (non-hydrogen) atoms. The van der Waals surface area contributed by atoms with E-state index in [1.54, 1.807) is 51.1 Å². The number of benzene rings is 2. The van der Waals surface area contributed by atoms with Crippen LogP contribution >= 0.6 is 23.5 Å². The molecule has 0 spiro atoms. The van der Waals surface area contributed by atoms with Gasteiger partial charge in [-0.15, -0.1) is 23.5 Å². The molecule has 14 heteroatoms.